The van der Waals surface area contributed by atoms with E-state index in [0.717, 1.165) is 64.7 Å². The molecule has 1 fully saturated rings. The second-order valence-electron chi connectivity index (χ2n) is 5.81. The highest BCUT2D eigenvalue weighted by atomic mass is 16.5. The van der Waals surface area contributed by atoms with Crippen molar-refractivity contribution >= 4 is 0 Å². The highest BCUT2D eigenvalue weighted by Gasteiger charge is 2.17. The average Bonchev–Trinajstić information content (AvgIpc) is 2.74. The number of hydrogen-bond acceptors (Lipinski definition) is 5. The van der Waals surface area contributed by atoms with Crippen molar-refractivity contribution in [2.75, 3.05) is 52.5 Å². The number of rotatable bonds is 4. The molecule has 2 aliphatic heterocycles. The Balaban J connectivity index is 1.57. The first kappa shape index (κ1) is 14.8. The lowest BCUT2D eigenvalue weighted by Crippen LogP contribution is -2.46. The zero-order chi connectivity index (χ0) is 14.5. The van der Waals surface area contributed by atoms with Crippen molar-refractivity contribution in [3.8, 4) is 5.75 Å². The van der Waals surface area contributed by atoms with Crippen molar-refractivity contribution in [3.05, 3.63) is 29.3 Å². The van der Waals surface area contributed by atoms with E-state index in [1.54, 1.807) is 0 Å². The molecule has 3 rings (SSSR count). The summed E-state index contributed by atoms with van der Waals surface area (Å²) < 4.78 is 5.73. The van der Waals surface area contributed by atoms with E-state index in [1.165, 1.54) is 11.1 Å². The summed E-state index contributed by atoms with van der Waals surface area (Å²) in [7, 11) is 0. The van der Waals surface area contributed by atoms with E-state index in [9.17, 15) is 0 Å². The zero-order valence-corrected chi connectivity index (χ0v) is 12.6. The molecule has 5 heteroatoms. The van der Waals surface area contributed by atoms with Crippen molar-refractivity contribution in [3.63, 3.8) is 0 Å². The Morgan fingerprint density at radius 1 is 1.14 bits per heavy atom. The number of aliphatic hydroxyl groups is 1. The van der Waals surface area contributed by atoms with Gasteiger partial charge in [-0.15, -0.1) is 0 Å². The van der Waals surface area contributed by atoms with Crippen LogP contribution in [0.15, 0.2) is 18.2 Å². The standard InChI is InChI=1S/C16H25N3O2/c20-9-8-18-4-6-19(7-5-18)13-14-1-2-16-15(11-14)12-17-3-10-21-16/h1-2,11,17,20H,3-10,12-13H2. The maximum atomic E-state index is 8.98. The van der Waals surface area contributed by atoms with Crippen LogP contribution in [0.25, 0.3) is 0 Å². The number of ether oxygens (including phenoxy) is 1. The minimum Gasteiger partial charge on any atom is -0.492 e. The first-order valence-electron chi connectivity index (χ1n) is 7.86. The van der Waals surface area contributed by atoms with Gasteiger partial charge in [0.1, 0.15) is 12.4 Å². The lowest BCUT2D eigenvalue weighted by molar-refractivity contribution is 0.108. The van der Waals surface area contributed by atoms with Crippen LogP contribution in [-0.4, -0.2) is 67.4 Å². The van der Waals surface area contributed by atoms with Gasteiger partial charge in [0.2, 0.25) is 0 Å². The minimum absolute atomic E-state index is 0.262. The second kappa shape index (κ2) is 7.22. The van der Waals surface area contributed by atoms with E-state index < -0.39 is 0 Å². The van der Waals surface area contributed by atoms with Crippen LogP contribution in [0.2, 0.25) is 0 Å². The van der Waals surface area contributed by atoms with Crippen molar-refractivity contribution in [1.29, 1.82) is 0 Å². The molecule has 0 aliphatic carbocycles. The molecule has 0 aromatic heterocycles. The highest BCUT2D eigenvalue weighted by Crippen LogP contribution is 2.22. The molecule has 0 amide bonds. The third-order valence-corrected chi connectivity index (χ3v) is 4.26. The number of piperazine rings is 1. The van der Waals surface area contributed by atoms with Crippen LogP contribution in [0.3, 0.4) is 0 Å². The Morgan fingerprint density at radius 3 is 2.76 bits per heavy atom. The molecule has 1 aromatic carbocycles. The molecule has 0 bridgehead atoms. The number of nitrogens with one attached hydrogen (secondary N) is 1. The van der Waals surface area contributed by atoms with Crippen LogP contribution in [-0.2, 0) is 13.1 Å². The molecule has 2 aliphatic rings. The highest BCUT2D eigenvalue weighted by molar-refractivity contribution is 5.37. The van der Waals surface area contributed by atoms with Gasteiger partial charge in [0, 0.05) is 57.9 Å². The lowest BCUT2D eigenvalue weighted by Gasteiger charge is -2.34. The summed E-state index contributed by atoms with van der Waals surface area (Å²) in [5.41, 5.74) is 2.63. The molecule has 5 nitrogen and oxygen atoms in total. The fourth-order valence-electron chi connectivity index (χ4n) is 3.04. The molecule has 2 N–H and O–H groups in total. The molecule has 116 valence electrons. The normalized spacial score (nSPS) is 20.6. The Labute approximate surface area is 126 Å². The number of fused-ring (bicyclic) bond motifs is 1. The van der Waals surface area contributed by atoms with Gasteiger partial charge in [-0.1, -0.05) is 6.07 Å². The van der Waals surface area contributed by atoms with Crippen molar-refractivity contribution in [2.45, 2.75) is 13.1 Å². The minimum atomic E-state index is 0.262. The fraction of sp³-hybridized carbons (Fsp3) is 0.625. The monoisotopic (exact) mass is 291 g/mol. The van der Waals surface area contributed by atoms with Crippen LogP contribution in [0, 0.1) is 0 Å². The van der Waals surface area contributed by atoms with E-state index >= 15 is 0 Å². The molecule has 0 unspecified atom stereocenters. The zero-order valence-electron chi connectivity index (χ0n) is 12.6. The molecular weight excluding hydrogens is 266 g/mol. The summed E-state index contributed by atoms with van der Waals surface area (Å²) in [6.45, 7) is 8.88. The van der Waals surface area contributed by atoms with E-state index in [4.69, 9.17) is 9.84 Å². The summed E-state index contributed by atoms with van der Waals surface area (Å²) in [6, 6.07) is 6.57. The van der Waals surface area contributed by atoms with Crippen molar-refractivity contribution in [1.82, 2.24) is 15.1 Å². The maximum absolute atomic E-state index is 8.98. The first-order chi connectivity index (χ1) is 10.3. The van der Waals surface area contributed by atoms with Gasteiger partial charge in [-0.3, -0.25) is 9.80 Å². The maximum Gasteiger partial charge on any atom is 0.123 e. The third-order valence-electron chi connectivity index (χ3n) is 4.26. The van der Waals surface area contributed by atoms with Crippen LogP contribution in [0.4, 0.5) is 0 Å². The summed E-state index contributed by atoms with van der Waals surface area (Å²) in [5, 5.41) is 12.4. The Bertz CT molecular complexity index is 459. The molecule has 1 aromatic rings. The van der Waals surface area contributed by atoms with Crippen LogP contribution in [0.1, 0.15) is 11.1 Å². The van der Waals surface area contributed by atoms with Gasteiger partial charge in [-0.25, -0.2) is 0 Å². The summed E-state index contributed by atoms with van der Waals surface area (Å²) >= 11 is 0. The van der Waals surface area contributed by atoms with E-state index in [1.807, 2.05) is 0 Å². The number of β-amino-alcohol motifs (C(OH)–C–C–N with tert-alkyl or cyclic N) is 1. The third kappa shape index (κ3) is 3.95. The predicted molar refractivity (Wildman–Crippen MR) is 82.4 cm³/mol. The molecule has 0 spiro atoms. The van der Waals surface area contributed by atoms with Gasteiger partial charge in [-0.05, 0) is 17.7 Å². The van der Waals surface area contributed by atoms with Gasteiger partial charge in [0.05, 0.1) is 6.61 Å². The van der Waals surface area contributed by atoms with E-state index in [2.05, 4.69) is 33.3 Å². The average molecular weight is 291 g/mol. The van der Waals surface area contributed by atoms with Crippen LogP contribution < -0.4 is 10.1 Å². The number of hydrogen-bond donors (Lipinski definition) is 2. The van der Waals surface area contributed by atoms with Gasteiger partial charge in [0.15, 0.2) is 0 Å². The summed E-state index contributed by atoms with van der Waals surface area (Å²) in [4.78, 5) is 4.81. The lowest BCUT2D eigenvalue weighted by atomic mass is 10.1. The molecule has 1 saturated heterocycles. The van der Waals surface area contributed by atoms with E-state index in [-0.39, 0.29) is 6.61 Å². The SMILES string of the molecule is OCCN1CCN(Cc2ccc3c(c2)CNCCO3)CC1. The molecule has 2 heterocycles. The largest absolute Gasteiger partial charge is 0.492 e. The van der Waals surface area contributed by atoms with Gasteiger partial charge >= 0.3 is 0 Å². The summed E-state index contributed by atoms with van der Waals surface area (Å²) in [5.74, 6) is 1.02. The molecule has 0 radical (unpaired) electrons. The van der Waals surface area contributed by atoms with Crippen molar-refractivity contribution in [2.24, 2.45) is 0 Å². The van der Waals surface area contributed by atoms with Crippen LogP contribution in [0.5, 0.6) is 5.75 Å². The Morgan fingerprint density at radius 2 is 1.95 bits per heavy atom. The smallest absolute Gasteiger partial charge is 0.123 e. The van der Waals surface area contributed by atoms with Crippen LogP contribution >= 0.6 is 0 Å². The van der Waals surface area contributed by atoms with Crippen molar-refractivity contribution < 1.29 is 9.84 Å². The first-order valence-corrected chi connectivity index (χ1v) is 7.86. The molecule has 21 heavy (non-hydrogen) atoms. The Kier molecular flexibility index (Phi) is 5.08. The Hall–Kier alpha value is -1.14. The molecular formula is C16H25N3O2. The summed E-state index contributed by atoms with van der Waals surface area (Å²) in [6.07, 6.45) is 0. The van der Waals surface area contributed by atoms with Gasteiger partial charge in [-0.2, -0.15) is 0 Å². The second-order valence-corrected chi connectivity index (χ2v) is 5.81. The predicted octanol–water partition coefficient (Wildman–Crippen LogP) is 0.278. The topological polar surface area (TPSA) is 48.0 Å². The number of benzene rings is 1. The fourth-order valence-corrected chi connectivity index (χ4v) is 3.04. The van der Waals surface area contributed by atoms with E-state index in [0.29, 0.717) is 0 Å². The number of nitrogens with zero attached hydrogens (tertiary/aromatic N) is 2. The molecule has 0 atom stereocenters. The van der Waals surface area contributed by atoms with Gasteiger partial charge in [0.25, 0.3) is 0 Å². The van der Waals surface area contributed by atoms with Gasteiger partial charge < -0.3 is 15.2 Å². The molecule has 0 saturated carbocycles. The number of aliphatic hydroxyl groups excluding tert-OH is 1. The quantitative estimate of drug-likeness (QED) is 0.834.